The lowest BCUT2D eigenvalue weighted by molar-refractivity contribution is -0.127. The summed E-state index contributed by atoms with van der Waals surface area (Å²) in [5, 5.41) is 2.09. The van der Waals surface area contributed by atoms with E-state index in [9.17, 15) is 19.2 Å². The first kappa shape index (κ1) is 24.7. The summed E-state index contributed by atoms with van der Waals surface area (Å²) in [5.74, 6) is -0.288. The first-order chi connectivity index (χ1) is 17.4. The van der Waals surface area contributed by atoms with Crippen molar-refractivity contribution in [2.75, 3.05) is 18.5 Å². The smallest absolute Gasteiger partial charge is 0.338 e. The maximum absolute atomic E-state index is 12.8. The number of rotatable bonds is 8. The second-order valence-corrected chi connectivity index (χ2v) is 8.59. The largest absolute Gasteiger partial charge is 0.462 e. The van der Waals surface area contributed by atoms with E-state index >= 15 is 0 Å². The molecule has 1 N–H and O–H groups in total. The number of carbonyl (C=O) groups excluding carboxylic acids is 4. The molecule has 4 rings (SSSR count). The highest BCUT2D eigenvalue weighted by Crippen LogP contribution is 2.33. The Morgan fingerprint density at radius 1 is 0.944 bits per heavy atom. The molecule has 3 aromatic carbocycles. The molecular weight excluding hydrogens is 480 g/mol. The Labute approximate surface area is 211 Å². The summed E-state index contributed by atoms with van der Waals surface area (Å²) >= 11 is 0.771. The molecule has 8 nitrogen and oxygen atoms in total. The Balaban J connectivity index is 1.38. The Hall–Kier alpha value is -4.37. The molecular formula is C27H22N2O6S. The fourth-order valence-electron chi connectivity index (χ4n) is 3.33. The number of hydrogen-bond acceptors (Lipinski definition) is 7. The number of esters is 1. The molecule has 9 heteroatoms. The highest BCUT2D eigenvalue weighted by atomic mass is 32.2. The van der Waals surface area contributed by atoms with Crippen molar-refractivity contribution in [2.45, 2.75) is 6.92 Å². The molecule has 1 heterocycles. The number of nitrogens with one attached hydrogen (secondary N) is 1. The molecule has 36 heavy (non-hydrogen) atoms. The minimum Gasteiger partial charge on any atom is -0.462 e. The summed E-state index contributed by atoms with van der Waals surface area (Å²) in [6.07, 6.45) is 1.59. The minimum atomic E-state index is -0.549. The van der Waals surface area contributed by atoms with Crippen molar-refractivity contribution in [2.24, 2.45) is 0 Å². The van der Waals surface area contributed by atoms with Crippen LogP contribution in [-0.2, 0) is 14.3 Å². The van der Waals surface area contributed by atoms with E-state index in [2.05, 4.69) is 5.32 Å². The van der Waals surface area contributed by atoms with E-state index in [4.69, 9.17) is 9.47 Å². The van der Waals surface area contributed by atoms with Crippen LogP contribution in [0, 0.1) is 0 Å². The number of para-hydroxylation sites is 1. The summed E-state index contributed by atoms with van der Waals surface area (Å²) in [6.45, 7) is 1.54. The first-order valence-corrected chi connectivity index (χ1v) is 11.9. The van der Waals surface area contributed by atoms with Crippen LogP contribution in [0.25, 0.3) is 6.08 Å². The van der Waals surface area contributed by atoms with Crippen LogP contribution in [0.3, 0.4) is 0 Å². The van der Waals surface area contributed by atoms with E-state index in [1.807, 2.05) is 30.3 Å². The van der Waals surface area contributed by atoms with Gasteiger partial charge in [-0.15, -0.1) is 0 Å². The number of carbonyl (C=O) groups is 4. The molecule has 0 radical (unpaired) electrons. The minimum absolute atomic E-state index is 0.212. The first-order valence-electron chi connectivity index (χ1n) is 11.1. The number of imide groups is 1. The van der Waals surface area contributed by atoms with Crippen molar-refractivity contribution in [3.05, 3.63) is 94.9 Å². The van der Waals surface area contributed by atoms with Gasteiger partial charge in [-0.3, -0.25) is 19.3 Å². The van der Waals surface area contributed by atoms with Gasteiger partial charge in [0, 0.05) is 5.69 Å². The Morgan fingerprint density at radius 3 is 2.39 bits per heavy atom. The van der Waals surface area contributed by atoms with Gasteiger partial charge in [-0.25, -0.2) is 4.79 Å². The van der Waals surface area contributed by atoms with Gasteiger partial charge in [-0.1, -0.05) is 30.3 Å². The number of amides is 3. The third kappa shape index (κ3) is 6.19. The lowest BCUT2D eigenvalue weighted by Crippen LogP contribution is -2.36. The molecule has 182 valence electrons. The number of anilines is 1. The SMILES string of the molecule is CCOC(=O)c1ccc(NC(=O)CN2C(=O)S/C(=C\c3cccc(Oc4ccccc4)c3)C2=O)cc1. The molecule has 0 unspecified atom stereocenters. The molecule has 0 bridgehead atoms. The lowest BCUT2D eigenvalue weighted by Gasteiger charge is -2.12. The topological polar surface area (TPSA) is 102 Å². The Bertz CT molecular complexity index is 1320. The molecule has 1 aliphatic heterocycles. The molecule has 0 aromatic heterocycles. The van der Waals surface area contributed by atoms with Crippen molar-refractivity contribution in [3.8, 4) is 11.5 Å². The number of thioether (sulfide) groups is 1. The maximum Gasteiger partial charge on any atom is 0.338 e. The van der Waals surface area contributed by atoms with Crippen molar-refractivity contribution in [3.63, 3.8) is 0 Å². The van der Waals surface area contributed by atoms with Gasteiger partial charge in [0.2, 0.25) is 5.91 Å². The number of nitrogens with zero attached hydrogens (tertiary/aromatic N) is 1. The highest BCUT2D eigenvalue weighted by Gasteiger charge is 2.36. The van der Waals surface area contributed by atoms with E-state index in [1.54, 1.807) is 49.4 Å². The molecule has 3 amide bonds. The van der Waals surface area contributed by atoms with Gasteiger partial charge in [0.05, 0.1) is 17.1 Å². The normalized spacial score (nSPS) is 14.1. The molecule has 1 saturated heterocycles. The van der Waals surface area contributed by atoms with Gasteiger partial charge in [-0.2, -0.15) is 0 Å². The standard InChI is InChI=1S/C27H22N2O6S/c1-2-34-26(32)19-11-13-20(14-12-19)28-24(30)17-29-25(31)23(36-27(29)33)16-18-7-6-10-22(15-18)35-21-8-4-3-5-9-21/h3-16H,2,17H2,1H3,(H,28,30)/b23-16-. The summed E-state index contributed by atoms with van der Waals surface area (Å²) in [7, 11) is 0. The third-order valence-corrected chi connectivity index (χ3v) is 5.90. The monoisotopic (exact) mass is 502 g/mol. The van der Waals surface area contributed by atoms with Gasteiger partial charge in [0.25, 0.3) is 11.1 Å². The molecule has 0 saturated carbocycles. The zero-order valence-corrected chi connectivity index (χ0v) is 20.1. The number of ether oxygens (including phenoxy) is 2. The van der Waals surface area contributed by atoms with Crippen molar-refractivity contribution in [1.82, 2.24) is 4.90 Å². The van der Waals surface area contributed by atoms with Crippen LogP contribution < -0.4 is 10.1 Å². The average Bonchev–Trinajstić information content (AvgIpc) is 3.12. The number of benzene rings is 3. The zero-order chi connectivity index (χ0) is 25.5. The van der Waals surface area contributed by atoms with Crippen molar-refractivity contribution in [1.29, 1.82) is 0 Å². The average molecular weight is 503 g/mol. The summed E-state index contributed by atoms with van der Waals surface area (Å²) in [5.41, 5.74) is 1.45. The fraction of sp³-hybridized carbons (Fsp3) is 0.111. The predicted octanol–water partition coefficient (Wildman–Crippen LogP) is 5.33. The van der Waals surface area contributed by atoms with Crippen LogP contribution in [0.1, 0.15) is 22.8 Å². The highest BCUT2D eigenvalue weighted by molar-refractivity contribution is 8.18. The second kappa shape index (κ2) is 11.4. The van der Waals surface area contributed by atoms with Crippen LogP contribution in [0.4, 0.5) is 10.5 Å². The van der Waals surface area contributed by atoms with E-state index in [0.717, 1.165) is 16.7 Å². The Morgan fingerprint density at radius 2 is 1.67 bits per heavy atom. The molecule has 0 aliphatic carbocycles. The fourth-order valence-corrected chi connectivity index (χ4v) is 4.17. The molecule has 3 aromatic rings. The quantitative estimate of drug-likeness (QED) is 0.328. The van der Waals surface area contributed by atoms with Crippen LogP contribution in [0.2, 0.25) is 0 Å². The van der Waals surface area contributed by atoms with Crippen LogP contribution in [-0.4, -0.2) is 41.1 Å². The third-order valence-electron chi connectivity index (χ3n) is 4.99. The predicted molar refractivity (Wildman–Crippen MR) is 137 cm³/mol. The van der Waals surface area contributed by atoms with Crippen LogP contribution in [0.5, 0.6) is 11.5 Å². The van der Waals surface area contributed by atoms with Gasteiger partial charge in [0.1, 0.15) is 18.0 Å². The number of hydrogen-bond donors (Lipinski definition) is 1. The van der Waals surface area contributed by atoms with Gasteiger partial charge in [-0.05, 0) is 78.9 Å². The van der Waals surface area contributed by atoms with E-state index in [1.165, 1.54) is 12.1 Å². The van der Waals surface area contributed by atoms with E-state index in [0.29, 0.717) is 28.3 Å². The molecule has 1 fully saturated rings. The zero-order valence-electron chi connectivity index (χ0n) is 19.3. The molecule has 0 atom stereocenters. The summed E-state index contributed by atoms with van der Waals surface area (Å²) in [4.78, 5) is 50.6. The molecule has 1 aliphatic rings. The van der Waals surface area contributed by atoms with Crippen molar-refractivity contribution >= 4 is 46.5 Å². The van der Waals surface area contributed by atoms with Gasteiger partial charge in [0.15, 0.2) is 0 Å². The van der Waals surface area contributed by atoms with Gasteiger partial charge >= 0.3 is 5.97 Å². The van der Waals surface area contributed by atoms with Crippen molar-refractivity contribution < 1.29 is 28.7 Å². The van der Waals surface area contributed by atoms with Crippen LogP contribution in [0.15, 0.2) is 83.8 Å². The maximum atomic E-state index is 12.8. The summed E-state index contributed by atoms with van der Waals surface area (Å²) < 4.78 is 10.7. The van der Waals surface area contributed by atoms with E-state index in [-0.39, 0.29) is 11.5 Å². The summed E-state index contributed by atoms with van der Waals surface area (Å²) in [6, 6.07) is 22.5. The molecule has 0 spiro atoms. The van der Waals surface area contributed by atoms with Crippen LogP contribution >= 0.6 is 11.8 Å². The second-order valence-electron chi connectivity index (χ2n) is 7.60. The van der Waals surface area contributed by atoms with E-state index < -0.39 is 29.6 Å². The lowest BCUT2D eigenvalue weighted by atomic mass is 10.2. The van der Waals surface area contributed by atoms with Gasteiger partial charge < -0.3 is 14.8 Å². The Kier molecular flexibility index (Phi) is 7.82.